The summed E-state index contributed by atoms with van der Waals surface area (Å²) < 4.78 is 0. The van der Waals surface area contributed by atoms with Crippen molar-refractivity contribution in [2.24, 2.45) is 0 Å². The standard InChI is InChI=1S/C19H16O3.CH4O/c20-16-8-7-14-11-17(19(22)12-15(14)10-16)18(21)9-6-13-4-2-1-3-5-13;1-2/h1-5,7-8,10-12,20,22H,6,9H2;2H,1H3. The van der Waals surface area contributed by atoms with Gasteiger partial charge >= 0.3 is 0 Å². The highest BCUT2D eigenvalue weighted by molar-refractivity contribution is 6.03. The van der Waals surface area contributed by atoms with Gasteiger partial charge in [-0.1, -0.05) is 36.4 Å². The van der Waals surface area contributed by atoms with Gasteiger partial charge in [0.15, 0.2) is 5.78 Å². The highest BCUT2D eigenvalue weighted by atomic mass is 16.3. The lowest BCUT2D eigenvalue weighted by Gasteiger charge is -2.07. The zero-order valence-electron chi connectivity index (χ0n) is 13.4. The zero-order chi connectivity index (χ0) is 17.5. The van der Waals surface area contributed by atoms with Gasteiger partial charge in [-0.25, -0.2) is 0 Å². The summed E-state index contributed by atoms with van der Waals surface area (Å²) in [5.41, 5.74) is 1.43. The molecule has 0 saturated carbocycles. The molecule has 0 aliphatic carbocycles. The number of fused-ring (bicyclic) bond motifs is 1. The minimum Gasteiger partial charge on any atom is -0.508 e. The molecular formula is C20H20O4. The van der Waals surface area contributed by atoms with Crippen LogP contribution in [0.2, 0.25) is 0 Å². The maximum Gasteiger partial charge on any atom is 0.166 e. The second-order valence-corrected chi connectivity index (χ2v) is 5.31. The van der Waals surface area contributed by atoms with E-state index in [9.17, 15) is 15.0 Å². The number of benzene rings is 3. The van der Waals surface area contributed by atoms with Crippen LogP contribution in [0, 0.1) is 0 Å². The van der Waals surface area contributed by atoms with Gasteiger partial charge in [0.2, 0.25) is 0 Å². The molecule has 0 saturated heterocycles. The highest BCUT2D eigenvalue weighted by Gasteiger charge is 2.13. The molecule has 0 heterocycles. The van der Waals surface area contributed by atoms with E-state index in [1.165, 1.54) is 6.07 Å². The van der Waals surface area contributed by atoms with Crippen molar-refractivity contribution in [3.8, 4) is 11.5 Å². The molecule has 0 spiro atoms. The number of phenols is 2. The number of Topliss-reactive ketones (excluding diaryl/α,β-unsaturated/α-hetero) is 1. The van der Waals surface area contributed by atoms with Crippen LogP contribution in [-0.2, 0) is 6.42 Å². The summed E-state index contributed by atoms with van der Waals surface area (Å²) in [7, 11) is 1.00. The molecule has 0 aromatic heterocycles. The minimum atomic E-state index is -0.0867. The summed E-state index contributed by atoms with van der Waals surface area (Å²) in [4.78, 5) is 12.3. The minimum absolute atomic E-state index is 0.0452. The number of rotatable bonds is 4. The third-order valence-electron chi connectivity index (χ3n) is 3.72. The Balaban J connectivity index is 0.00000100. The maximum atomic E-state index is 12.3. The number of hydrogen-bond donors (Lipinski definition) is 3. The molecule has 0 amide bonds. The predicted molar refractivity (Wildman–Crippen MR) is 94.5 cm³/mol. The summed E-state index contributed by atoms with van der Waals surface area (Å²) in [6, 6.07) is 17.9. The molecule has 3 aromatic carbocycles. The van der Waals surface area contributed by atoms with Gasteiger partial charge in [-0.15, -0.1) is 0 Å². The first-order valence-corrected chi connectivity index (χ1v) is 7.61. The van der Waals surface area contributed by atoms with E-state index in [4.69, 9.17) is 5.11 Å². The van der Waals surface area contributed by atoms with E-state index in [2.05, 4.69) is 0 Å². The molecule has 4 nitrogen and oxygen atoms in total. The quantitative estimate of drug-likeness (QED) is 0.640. The van der Waals surface area contributed by atoms with Crippen LogP contribution in [0.5, 0.6) is 11.5 Å². The van der Waals surface area contributed by atoms with E-state index in [1.54, 1.807) is 24.3 Å². The number of carbonyl (C=O) groups is 1. The van der Waals surface area contributed by atoms with Crippen LogP contribution >= 0.6 is 0 Å². The molecule has 3 N–H and O–H groups in total. The van der Waals surface area contributed by atoms with Crippen molar-refractivity contribution < 1.29 is 20.1 Å². The summed E-state index contributed by atoms with van der Waals surface area (Å²) >= 11 is 0. The van der Waals surface area contributed by atoms with Gasteiger partial charge in [-0.2, -0.15) is 0 Å². The third kappa shape index (κ3) is 4.12. The van der Waals surface area contributed by atoms with Crippen molar-refractivity contribution >= 4 is 16.6 Å². The summed E-state index contributed by atoms with van der Waals surface area (Å²) in [6.45, 7) is 0. The molecular weight excluding hydrogens is 304 g/mol. The van der Waals surface area contributed by atoms with Crippen molar-refractivity contribution in [2.45, 2.75) is 12.8 Å². The van der Waals surface area contributed by atoms with Gasteiger partial charge in [-0.05, 0) is 47.0 Å². The van der Waals surface area contributed by atoms with Crippen LogP contribution in [0.3, 0.4) is 0 Å². The Morgan fingerprint density at radius 3 is 2.29 bits per heavy atom. The largest absolute Gasteiger partial charge is 0.508 e. The molecule has 0 fully saturated rings. The number of aliphatic hydroxyl groups excluding tert-OH is 1. The van der Waals surface area contributed by atoms with Crippen molar-refractivity contribution in [1.82, 2.24) is 0 Å². The number of hydrogen-bond acceptors (Lipinski definition) is 4. The topological polar surface area (TPSA) is 77.8 Å². The van der Waals surface area contributed by atoms with Gasteiger partial charge in [0.1, 0.15) is 11.5 Å². The van der Waals surface area contributed by atoms with E-state index < -0.39 is 0 Å². The van der Waals surface area contributed by atoms with Crippen LogP contribution in [0.15, 0.2) is 60.7 Å². The number of aryl methyl sites for hydroxylation is 1. The summed E-state index contributed by atoms with van der Waals surface area (Å²) in [5.74, 6) is 0.00236. The molecule has 24 heavy (non-hydrogen) atoms. The van der Waals surface area contributed by atoms with Gasteiger partial charge in [0.25, 0.3) is 0 Å². The van der Waals surface area contributed by atoms with Crippen LogP contribution in [0.25, 0.3) is 10.8 Å². The van der Waals surface area contributed by atoms with Crippen molar-refractivity contribution in [3.63, 3.8) is 0 Å². The Bertz CT molecular complexity index is 826. The first-order chi connectivity index (χ1) is 11.6. The lowest BCUT2D eigenvalue weighted by atomic mass is 9.99. The molecule has 0 unspecified atom stereocenters. The van der Waals surface area contributed by atoms with Crippen LogP contribution in [-0.4, -0.2) is 28.2 Å². The second kappa shape index (κ2) is 8.13. The second-order valence-electron chi connectivity index (χ2n) is 5.31. The number of aromatic hydroxyl groups is 2. The Morgan fingerprint density at radius 2 is 1.58 bits per heavy atom. The number of ketones is 1. The van der Waals surface area contributed by atoms with Crippen LogP contribution in [0.4, 0.5) is 0 Å². The molecule has 3 aromatic rings. The number of aliphatic hydroxyl groups is 1. The third-order valence-corrected chi connectivity index (χ3v) is 3.72. The Morgan fingerprint density at radius 1 is 0.875 bits per heavy atom. The summed E-state index contributed by atoms with van der Waals surface area (Å²) in [5, 5.41) is 28.0. The van der Waals surface area contributed by atoms with Gasteiger partial charge < -0.3 is 15.3 Å². The van der Waals surface area contributed by atoms with E-state index in [1.807, 2.05) is 30.3 Å². The fraction of sp³-hybridized carbons (Fsp3) is 0.150. The predicted octanol–water partition coefficient (Wildman–Crippen LogP) is 3.68. The molecule has 0 atom stereocenters. The van der Waals surface area contributed by atoms with Crippen molar-refractivity contribution in [3.05, 3.63) is 71.8 Å². The number of carbonyl (C=O) groups excluding carboxylic acids is 1. The zero-order valence-corrected chi connectivity index (χ0v) is 13.4. The Labute approximate surface area is 140 Å². The molecule has 4 heteroatoms. The SMILES string of the molecule is CO.O=C(CCc1ccccc1)c1cc2ccc(O)cc2cc1O. The smallest absolute Gasteiger partial charge is 0.166 e. The van der Waals surface area contributed by atoms with Gasteiger partial charge in [-0.3, -0.25) is 4.79 Å². The molecule has 0 aliphatic heterocycles. The molecule has 0 radical (unpaired) electrons. The fourth-order valence-corrected chi connectivity index (χ4v) is 2.53. The average Bonchev–Trinajstić information content (AvgIpc) is 2.61. The first-order valence-electron chi connectivity index (χ1n) is 7.61. The van der Waals surface area contributed by atoms with E-state index in [-0.39, 0.29) is 17.3 Å². The van der Waals surface area contributed by atoms with Gasteiger partial charge in [0.05, 0.1) is 5.56 Å². The lowest BCUT2D eigenvalue weighted by molar-refractivity contribution is 0.0980. The monoisotopic (exact) mass is 324 g/mol. The fourth-order valence-electron chi connectivity index (χ4n) is 2.53. The van der Waals surface area contributed by atoms with E-state index in [0.29, 0.717) is 23.8 Å². The van der Waals surface area contributed by atoms with E-state index >= 15 is 0 Å². The Kier molecular flexibility index (Phi) is 5.93. The number of phenolic OH excluding ortho intramolecular Hbond substituents is 2. The maximum absolute atomic E-state index is 12.3. The van der Waals surface area contributed by atoms with E-state index in [0.717, 1.165) is 18.1 Å². The Hall–Kier alpha value is -2.85. The summed E-state index contributed by atoms with van der Waals surface area (Å²) in [6.07, 6.45) is 0.994. The first kappa shape index (κ1) is 17.5. The van der Waals surface area contributed by atoms with Crippen LogP contribution in [0.1, 0.15) is 22.3 Å². The molecule has 124 valence electrons. The molecule has 0 bridgehead atoms. The van der Waals surface area contributed by atoms with Crippen molar-refractivity contribution in [2.75, 3.05) is 7.11 Å². The molecule has 0 aliphatic rings. The molecule has 3 rings (SSSR count). The normalized spacial score (nSPS) is 10.1. The highest BCUT2D eigenvalue weighted by Crippen LogP contribution is 2.28. The average molecular weight is 324 g/mol. The lowest BCUT2D eigenvalue weighted by Crippen LogP contribution is -2.01. The van der Waals surface area contributed by atoms with Gasteiger partial charge in [0, 0.05) is 13.5 Å². The van der Waals surface area contributed by atoms with Crippen molar-refractivity contribution in [1.29, 1.82) is 0 Å². The van der Waals surface area contributed by atoms with Crippen LogP contribution < -0.4 is 0 Å².